The van der Waals surface area contributed by atoms with Crippen molar-refractivity contribution in [1.82, 2.24) is 4.98 Å². The van der Waals surface area contributed by atoms with Gasteiger partial charge in [-0.2, -0.15) is 0 Å². The molecule has 0 spiro atoms. The summed E-state index contributed by atoms with van der Waals surface area (Å²) in [5.41, 5.74) is 1.90. The molecule has 1 aliphatic heterocycles. The number of esters is 1. The van der Waals surface area contributed by atoms with Gasteiger partial charge >= 0.3 is 5.97 Å². The number of carbonyl (C=O) groups excluding carboxylic acids is 2. The number of aryl methyl sites for hydroxylation is 2. The number of methoxy groups -OCH3 is 1. The highest BCUT2D eigenvalue weighted by Gasteiger charge is 2.45. The Bertz CT molecular complexity index is 1520. The molecule has 0 N–H and O–H groups in total. The van der Waals surface area contributed by atoms with Crippen LogP contribution in [0.25, 0.3) is 11.0 Å². The van der Waals surface area contributed by atoms with Crippen molar-refractivity contribution in [1.29, 1.82) is 0 Å². The Morgan fingerprint density at radius 2 is 1.94 bits per heavy atom. The second-order valence-corrected chi connectivity index (χ2v) is 8.87. The smallest absolute Gasteiger partial charge is 0.350 e. The van der Waals surface area contributed by atoms with E-state index >= 15 is 0 Å². The van der Waals surface area contributed by atoms with E-state index in [9.17, 15) is 18.8 Å². The second kappa shape index (κ2) is 8.18. The number of ether oxygens (including phenoxy) is 1. The molecule has 9 heteroatoms. The summed E-state index contributed by atoms with van der Waals surface area (Å²) < 4.78 is 24.6. The number of thiazole rings is 1. The lowest BCUT2D eigenvalue weighted by molar-refractivity contribution is 0.0605. The number of fused-ring (bicyclic) bond motifs is 2. The number of halogens is 1. The summed E-state index contributed by atoms with van der Waals surface area (Å²) in [5.74, 6) is -1.83. The van der Waals surface area contributed by atoms with Gasteiger partial charge in [0.05, 0.1) is 29.8 Å². The van der Waals surface area contributed by atoms with E-state index in [0.29, 0.717) is 11.3 Å². The SMILES string of the molecule is CCc1ccc([C@@H]2c3c(oc4ccc(F)cc4c3=O)C(=O)N2c2nc(C)c(C(=O)OC)s2)cc1. The molecule has 1 amide bonds. The second-order valence-electron chi connectivity index (χ2n) is 7.89. The van der Waals surface area contributed by atoms with E-state index in [1.807, 2.05) is 31.2 Å². The van der Waals surface area contributed by atoms with Crippen molar-refractivity contribution in [3.63, 3.8) is 0 Å². The van der Waals surface area contributed by atoms with Gasteiger partial charge in [0.1, 0.15) is 16.3 Å². The van der Waals surface area contributed by atoms with Gasteiger partial charge in [0.25, 0.3) is 5.91 Å². The van der Waals surface area contributed by atoms with Gasteiger partial charge in [0, 0.05) is 0 Å². The van der Waals surface area contributed by atoms with E-state index < -0.39 is 29.2 Å². The molecule has 0 fully saturated rings. The third kappa shape index (κ3) is 3.31. The molecule has 4 aromatic rings. The number of benzene rings is 2. The van der Waals surface area contributed by atoms with Crippen LogP contribution in [-0.2, 0) is 11.2 Å². The van der Waals surface area contributed by atoms with Crippen LogP contribution in [0.4, 0.5) is 9.52 Å². The summed E-state index contributed by atoms with van der Waals surface area (Å²) in [6.07, 6.45) is 0.824. The van der Waals surface area contributed by atoms with Crippen LogP contribution in [0.2, 0.25) is 0 Å². The van der Waals surface area contributed by atoms with Crippen LogP contribution in [0.5, 0.6) is 0 Å². The Kier molecular flexibility index (Phi) is 5.28. The molecule has 0 unspecified atom stereocenters. The lowest BCUT2D eigenvalue weighted by Gasteiger charge is -2.22. The Hall–Kier alpha value is -3.85. The molecule has 0 radical (unpaired) electrons. The quantitative estimate of drug-likeness (QED) is 0.392. The largest absolute Gasteiger partial charge is 0.465 e. The molecular weight excluding hydrogens is 459 g/mol. The zero-order valence-corrected chi connectivity index (χ0v) is 19.4. The van der Waals surface area contributed by atoms with Crippen molar-refractivity contribution in [2.75, 3.05) is 12.0 Å². The molecule has 1 aliphatic rings. The third-order valence-electron chi connectivity index (χ3n) is 5.90. The lowest BCUT2D eigenvalue weighted by atomic mass is 9.97. The summed E-state index contributed by atoms with van der Waals surface area (Å²) in [6, 6.07) is 10.3. The number of hydrogen-bond donors (Lipinski definition) is 0. The molecule has 0 saturated carbocycles. The van der Waals surface area contributed by atoms with Gasteiger partial charge in [-0.1, -0.05) is 42.5 Å². The van der Waals surface area contributed by atoms with Gasteiger partial charge in [-0.25, -0.2) is 14.2 Å². The van der Waals surface area contributed by atoms with Gasteiger partial charge in [-0.05, 0) is 42.7 Å². The highest BCUT2D eigenvalue weighted by atomic mass is 32.1. The predicted octanol–water partition coefficient (Wildman–Crippen LogP) is 4.80. The van der Waals surface area contributed by atoms with E-state index in [1.165, 1.54) is 24.1 Å². The number of amides is 1. The van der Waals surface area contributed by atoms with E-state index in [2.05, 4.69) is 4.98 Å². The summed E-state index contributed by atoms with van der Waals surface area (Å²) in [5, 5.41) is 0.280. The van der Waals surface area contributed by atoms with Crippen molar-refractivity contribution < 1.29 is 23.1 Å². The van der Waals surface area contributed by atoms with Gasteiger partial charge in [-0.15, -0.1) is 0 Å². The van der Waals surface area contributed by atoms with Crippen LogP contribution >= 0.6 is 11.3 Å². The van der Waals surface area contributed by atoms with Crippen LogP contribution in [0, 0.1) is 12.7 Å². The van der Waals surface area contributed by atoms with Gasteiger partial charge < -0.3 is 9.15 Å². The van der Waals surface area contributed by atoms with Crippen molar-refractivity contribution in [3.05, 3.63) is 91.5 Å². The predicted molar refractivity (Wildman–Crippen MR) is 125 cm³/mol. The first-order valence-corrected chi connectivity index (χ1v) is 11.4. The van der Waals surface area contributed by atoms with Gasteiger partial charge in [0.2, 0.25) is 5.76 Å². The zero-order chi connectivity index (χ0) is 24.1. The maximum atomic E-state index is 13.9. The van der Waals surface area contributed by atoms with E-state index in [1.54, 1.807) is 6.92 Å². The van der Waals surface area contributed by atoms with Crippen molar-refractivity contribution in [3.8, 4) is 0 Å². The van der Waals surface area contributed by atoms with E-state index in [-0.39, 0.29) is 32.3 Å². The fourth-order valence-electron chi connectivity index (χ4n) is 4.16. The topological polar surface area (TPSA) is 89.7 Å². The first kappa shape index (κ1) is 22.0. The molecule has 172 valence electrons. The molecule has 34 heavy (non-hydrogen) atoms. The van der Waals surface area contributed by atoms with Crippen molar-refractivity contribution in [2.24, 2.45) is 0 Å². The lowest BCUT2D eigenvalue weighted by Crippen LogP contribution is -2.29. The summed E-state index contributed by atoms with van der Waals surface area (Å²) in [6.45, 7) is 3.67. The minimum absolute atomic E-state index is 0.0501. The van der Waals surface area contributed by atoms with Crippen molar-refractivity contribution in [2.45, 2.75) is 26.3 Å². The maximum absolute atomic E-state index is 13.9. The molecule has 5 rings (SSSR count). The van der Waals surface area contributed by atoms with Crippen molar-refractivity contribution >= 4 is 39.3 Å². The molecule has 7 nitrogen and oxygen atoms in total. The minimum atomic E-state index is -0.853. The fourth-order valence-corrected chi connectivity index (χ4v) is 5.17. The van der Waals surface area contributed by atoms with Crippen LogP contribution < -0.4 is 10.3 Å². The molecule has 3 heterocycles. The molecule has 0 saturated heterocycles. The molecule has 2 aromatic carbocycles. The standard InChI is InChI=1S/C25H19FN2O5S/c1-4-13-5-7-14(8-6-13)19-18-20(29)16-11-15(26)9-10-17(16)33-21(18)23(30)28(19)25-27-12(2)22(34-25)24(31)32-3/h5-11,19H,4H2,1-3H3/t19-/m1/s1. The molecule has 0 bridgehead atoms. The number of aromatic nitrogens is 1. The first-order valence-electron chi connectivity index (χ1n) is 10.6. The van der Waals surface area contributed by atoms with Crippen LogP contribution in [-0.4, -0.2) is 24.0 Å². The summed E-state index contributed by atoms with van der Waals surface area (Å²) in [7, 11) is 1.27. The average Bonchev–Trinajstić information content (AvgIpc) is 3.36. The third-order valence-corrected chi connectivity index (χ3v) is 7.03. The van der Waals surface area contributed by atoms with Crippen LogP contribution in [0.15, 0.2) is 51.7 Å². The summed E-state index contributed by atoms with van der Waals surface area (Å²) in [4.78, 5) is 45.3. The van der Waals surface area contributed by atoms with Gasteiger partial charge in [-0.3, -0.25) is 14.5 Å². The molecular formula is C25H19FN2O5S. The number of nitrogens with zero attached hydrogens (tertiary/aromatic N) is 2. The average molecular weight is 479 g/mol. The first-order chi connectivity index (χ1) is 16.3. The normalized spacial score (nSPS) is 15.1. The van der Waals surface area contributed by atoms with Crippen LogP contribution in [0.3, 0.4) is 0 Å². The van der Waals surface area contributed by atoms with Gasteiger partial charge in [0.15, 0.2) is 10.6 Å². The molecule has 1 atom stereocenters. The van der Waals surface area contributed by atoms with E-state index in [0.717, 1.165) is 29.4 Å². The Morgan fingerprint density at radius 3 is 2.62 bits per heavy atom. The number of anilines is 1. The fraction of sp³-hybridized carbons (Fsp3) is 0.200. The van der Waals surface area contributed by atoms with Crippen LogP contribution in [0.1, 0.15) is 55.6 Å². The number of hydrogen-bond acceptors (Lipinski definition) is 7. The Morgan fingerprint density at radius 1 is 1.21 bits per heavy atom. The number of carbonyl (C=O) groups is 2. The number of rotatable bonds is 4. The molecule has 2 aromatic heterocycles. The minimum Gasteiger partial charge on any atom is -0.465 e. The highest BCUT2D eigenvalue weighted by molar-refractivity contribution is 7.17. The summed E-state index contributed by atoms with van der Waals surface area (Å²) >= 11 is 0.998. The van der Waals surface area contributed by atoms with E-state index in [4.69, 9.17) is 9.15 Å². The zero-order valence-electron chi connectivity index (χ0n) is 18.5. The monoisotopic (exact) mass is 478 g/mol. The maximum Gasteiger partial charge on any atom is 0.350 e. The highest BCUT2D eigenvalue weighted by Crippen LogP contribution is 2.43. The Labute approximate surface area is 197 Å². The Balaban J connectivity index is 1.77. The molecule has 0 aliphatic carbocycles.